The predicted molar refractivity (Wildman–Crippen MR) is 105 cm³/mol. The number of aromatic nitrogens is 1. The first kappa shape index (κ1) is 20.7. The number of hydrogen-bond acceptors (Lipinski definition) is 5. The lowest BCUT2D eigenvalue weighted by Crippen LogP contribution is -2.15. The molecule has 6 nitrogen and oxygen atoms in total. The summed E-state index contributed by atoms with van der Waals surface area (Å²) in [6, 6.07) is 9.88. The van der Waals surface area contributed by atoms with Gasteiger partial charge in [-0.3, -0.25) is 4.79 Å². The minimum Gasteiger partial charge on any atom is -0.478 e. The Balaban J connectivity index is 2.04. The van der Waals surface area contributed by atoms with Gasteiger partial charge in [-0.1, -0.05) is 36.7 Å². The Kier molecular flexibility index (Phi) is 7.65. The van der Waals surface area contributed by atoms with Crippen molar-refractivity contribution < 1.29 is 14.7 Å². The van der Waals surface area contributed by atoms with Crippen LogP contribution < -0.4 is 5.32 Å². The van der Waals surface area contributed by atoms with Gasteiger partial charge in [0.15, 0.2) is 0 Å². The second kappa shape index (κ2) is 9.95. The van der Waals surface area contributed by atoms with Crippen molar-refractivity contribution in [2.45, 2.75) is 31.2 Å². The number of thioether (sulfide) groups is 1. The number of carboxylic acid groups (broad SMARTS) is 1. The summed E-state index contributed by atoms with van der Waals surface area (Å²) in [5.41, 5.74) is 1.57. The first-order chi connectivity index (χ1) is 12.9. The number of amides is 1. The first-order valence-corrected chi connectivity index (χ1v) is 9.66. The summed E-state index contributed by atoms with van der Waals surface area (Å²) in [6.07, 6.45) is 2.88. The van der Waals surface area contributed by atoms with E-state index in [2.05, 4.69) is 23.3 Å². The fourth-order valence-corrected chi connectivity index (χ4v) is 3.26. The van der Waals surface area contributed by atoms with E-state index in [4.69, 9.17) is 16.7 Å². The number of nitriles is 1. The number of aromatic carboxylic acids is 1. The van der Waals surface area contributed by atoms with E-state index < -0.39 is 5.97 Å². The van der Waals surface area contributed by atoms with Crippen molar-refractivity contribution in [2.24, 2.45) is 0 Å². The monoisotopic (exact) mass is 403 g/mol. The van der Waals surface area contributed by atoms with Gasteiger partial charge in [-0.05, 0) is 43.2 Å². The van der Waals surface area contributed by atoms with Gasteiger partial charge in [0.1, 0.15) is 11.1 Å². The van der Waals surface area contributed by atoms with E-state index in [9.17, 15) is 14.9 Å². The van der Waals surface area contributed by atoms with Crippen molar-refractivity contribution in [1.29, 1.82) is 5.26 Å². The Hall–Kier alpha value is -2.56. The lowest BCUT2D eigenvalue weighted by molar-refractivity contribution is -0.113. The molecule has 0 aliphatic rings. The van der Waals surface area contributed by atoms with Crippen molar-refractivity contribution in [3.05, 3.63) is 52.2 Å². The smallest absolute Gasteiger partial charge is 0.337 e. The van der Waals surface area contributed by atoms with Crippen LogP contribution in [0.5, 0.6) is 0 Å². The van der Waals surface area contributed by atoms with Crippen LogP contribution in [0.3, 0.4) is 0 Å². The van der Waals surface area contributed by atoms with Gasteiger partial charge in [0.05, 0.1) is 21.9 Å². The Labute approximate surface area is 166 Å². The Bertz CT molecular complexity index is 896. The Morgan fingerprint density at radius 3 is 2.78 bits per heavy atom. The second-order valence-electron chi connectivity index (χ2n) is 5.71. The second-order valence-corrected chi connectivity index (χ2v) is 7.08. The highest BCUT2D eigenvalue weighted by molar-refractivity contribution is 8.00. The van der Waals surface area contributed by atoms with Crippen molar-refractivity contribution >= 4 is 40.9 Å². The molecule has 1 aromatic carbocycles. The predicted octanol–water partition coefficient (Wildman–Crippen LogP) is 4.38. The minimum absolute atomic E-state index is 0.0456. The molecule has 0 bridgehead atoms. The third kappa shape index (κ3) is 5.98. The van der Waals surface area contributed by atoms with Crippen molar-refractivity contribution in [1.82, 2.24) is 4.98 Å². The Morgan fingerprint density at radius 2 is 2.11 bits per heavy atom. The molecule has 0 unspecified atom stereocenters. The molecule has 0 spiro atoms. The lowest BCUT2D eigenvalue weighted by Gasteiger charge is -2.08. The highest BCUT2D eigenvalue weighted by Crippen LogP contribution is 2.23. The van der Waals surface area contributed by atoms with Crippen molar-refractivity contribution in [3.8, 4) is 6.07 Å². The highest BCUT2D eigenvalue weighted by Gasteiger charge is 2.13. The third-order valence-corrected chi connectivity index (χ3v) is 4.97. The van der Waals surface area contributed by atoms with Crippen LogP contribution in [0.25, 0.3) is 0 Å². The normalized spacial score (nSPS) is 10.3. The molecule has 0 atom stereocenters. The fraction of sp³-hybridized carbons (Fsp3) is 0.263. The lowest BCUT2D eigenvalue weighted by atomic mass is 10.2. The molecule has 27 heavy (non-hydrogen) atoms. The molecular formula is C19H18ClN3O3S. The van der Waals surface area contributed by atoms with Gasteiger partial charge in [-0.2, -0.15) is 5.26 Å². The third-order valence-electron chi connectivity index (χ3n) is 3.65. The largest absolute Gasteiger partial charge is 0.478 e. The maximum atomic E-state index is 12.2. The number of benzene rings is 1. The molecule has 2 aromatic rings. The molecule has 2 N–H and O–H groups in total. The SMILES string of the molecule is CCCCc1ccc(C#N)c(SCC(=O)Nc2ccc(Cl)c(C(=O)O)c2)n1. The molecule has 0 saturated heterocycles. The van der Waals surface area contributed by atoms with Gasteiger partial charge in [0, 0.05) is 11.4 Å². The molecule has 2 rings (SSSR count). The van der Waals surface area contributed by atoms with E-state index in [-0.39, 0.29) is 22.2 Å². The molecule has 1 aromatic heterocycles. The number of carbonyl (C=O) groups excluding carboxylic acids is 1. The topological polar surface area (TPSA) is 103 Å². The van der Waals surface area contributed by atoms with Crippen LogP contribution in [0.15, 0.2) is 35.4 Å². The number of halogens is 1. The number of nitrogens with one attached hydrogen (secondary N) is 1. The summed E-state index contributed by atoms with van der Waals surface area (Å²) in [7, 11) is 0. The summed E-state index contributed by atoms with van der Waals surface area (Å²) in [5.74, 6) is -1.45. The average molecular weight is 404 g/mol. The Morgan fingerprint density at radius 1 is 1.33 bits per heavy atom. The average Bonchev–Trinajstić information content (AvgIpc) is 2.66. The van der Waals surface area contributed by atoms with Gasteiger partial charge >= 0.3 is 5.97 Å². The van der Waals surface area contributed by atoms with E-state index in [1.165, 1.54) is 30.0 Å². The number of unbranched alkanes of at least 4 members (excludes halogenated alkanes) is 1. The summed E-state index contributed by atoms with van der Waals surface area (Å²) in [5, 5.41) is 21.5. The van der Waals surface area contributed by atoms with Crippen LogP contribution >= 0.6 is 23.4 Å². The molecule has 0 saturated carbocycles. The maximum absolute atomic E-state index is 12.2. The summed E-state index contributed by atoms with van der Waals surface area (Å²) in [4.78, 5) is 27.8. The number of nitrogens with zero attached hydrogens (tertiary/aromatic N) is 2. The van der Waals surface area contributed by atoms with Crippen molar-refractivity contribution in [2.75, 3.05) is 11.1 Å². The van der Waals surface area contributed by atoms with E-state index in [1.54, 1.807) is 6.07 Å². The molecule has 140 valence electrons. The molecule has 0 aliphatic carbocycles. The van der Waals surface area contributed by atoms with Gasteiger partial charge < -0.3 is 10.4 Å². The quantitative estimate of drug-likeness (QED) is 0.634. The standard InChI is InChI=1S/C19H18ClN3O3S/c1-2-3-4-13-6-5-12(10-21)18(23-13)27-11-17(24)22-14-7-8-16(20)15(9-14)19(25)26/h5-9H,2-4,11H2,1H3,(H,22,24)(H,25,26). The van der Waals surface area contributed by atoms with E-state index in [0.717, 1.165) is 25.0 Å². The first-order valence-electron chi connectivity index (χ1n) is 8.30. The molecule has 0 radical (unpaired) electrons. The molecule has 0 aliphatic heterocycles. The molecule has 1 amide bonds. The maximum Gasteiger partial charge on any atom is 0.337 e. The molecule has 1 heterocycles. The van der Waals surface area contributed by atoms with Gasteiger partial charge in [-0.15, -0.1) is 0 Å². The van der Waals surface area contributed by atoms with Crippen LogP contribution in [-0.4, -0.2) is 27.7 Å². The van der Waals surface area contributed by atoms with Crippen LogP contribution in [0.1, 0.15) is 41.4 Å². The molecule has 8 heteroatoms. The highest BCUT2D eigenvalue weighted by atomic mass is 35.5. The van der Waals surface area contributed by atoms with Crippen LogP contribution in [-0.2, 0) is 11.2 Å². The van der Waals surface area contributed by atoms with Gasteiger partial charge in [0.2, 0.25) is 5.91 Å². The number of aryl methyl sites for hydroxylation is 1. The van der Waals surface area contributed by atoms with Gasteiger partial charge in [0.25, 0.3) is 0 Å². The number of anilines is 1. The van der Waals surface area contributed by atoms with E-state index >= 15 is 0 Å². The zero-order valence-electron chi connectivity index (χ0n) is 14.7. The number of hydrogen-bond donors (Lipinski definition) is 2. The van der Waals surface area contributed by atoms with E-state index in [1.807, 2.05) is 6.07 Å². The summed E-state index contributed by atoms with van der Waals surface area (Å²) < 4.78 is 0. The zero-order valence-corrected chi connectivity index (χ0v) is 16.2. The van der Waals surface area contributed by atoms with Crippen molar-refractivity contribution in [3.63, 3.8) is 0 Å². The number of carboxylic acids is 1. The number of pyridine rings is 1. The minimum atomic E-state index is -1.17. The zero-order chi connectivity index (χ0) is 19.8. The fourth-order valence-electron chi connectivity index (χ4n) is 2.27. The van der Waals surface area contributed by atoms with Crippen LogP contribution in [0.4, 0.5) is 5.69 Å². The van der Waals surface area contributed by atoms with Crippen LogP contribution in [0, 0.1) is 11.3 Å². The summed E-state index contributed by atoms with van der Waals surface area (Å²) in [6.45, 7) is 2.09. The molecular weight excluding hydrogens is 386 g/mol. The summed E-state index contributed by atoms with van der Waals surface area (Å²) >= 11 is 6.99. The number of carbonyl (C=O) groups is 2. The van der Waals surface area contributed by atoms with E-state index in [0.29, 0.717) is 16.3 Å². The molecule has 0 fully saturated rings. The van der Waals surface area contributed by atoms with Crippen LogP contribution in [0.2, 0.25) is 5.02 Å². The van der Waals surface area contributed by atoms with Gasteiger partial charge in [-0.25, -0.2) is 9.78 Å². The number of rotatable bonds is 8.